The zero-order valence-corrected chi connectivity index (χ0v) is 11.3. The Morgan fingerprint density at radius 2 is 1.89 bits per heavy atom. The van der Waals surface area contributed by atoms with Crippen LogP contribution in [-0.4, -0.2) is 18.5 Å². The van der Waals surface area contributed by atoms with Crippen molar-refractivity contribution in [3.63, 3.8) is 0 Å². The number of Topliss-reactive ketones (excluding diaryl/α,β-unsaturated/α-hetero) is 1. The first-order valence-corrected chi connectivity index (χ1v) is 6.42. The van der Waals surface area contributed by atoms with Crippen LogP contribution in [0.15, 0.2) is 18.2 Å². The molecule has 0 amide bonds. The first-order valence-electron chi connectivity index (χ1n) is 6.42. The quantitative estimate of drug-likeness (QED) is 0.763. The number of ether oxygens (including phenoxy) is 2. The van der Waals surface area contributed by atoms with Crippen LogP contribution in [0.1, 0.15) is 49.9 Å². The van der Waals surface area contributed by atoms with Gasteiger partial charge in [-0.1, -0.05) is 0 Å². The van der Waals surface area contributed by atoms with Crippen LogP contribution < -0.4 is 9.47 Å². The lowest BCUT2D eigenvalue weighted by molar-refractivity contribution is 0.0925. The molecule has 1 aliphatic carbocycles. The van der Waals surface area contributed by atoms with Crippen LogP contribution in [0.25, 0.3) is 0 Å². The fourth-order valence-corrected chi connectivity index (χ4v) is 2.46. The summed E-state index contributed by atoms with van der Waals surface area (Å²) in [5, 5.41) is 0. The van der Waals surface area contributed by atoms with E-state index in [-0.39, 0.29) is 11.4 Å². The van der Waals surface area contributed by atoms with Crippen molar-refractivity contribution in [2.45, 2.75) is 45.1 Å². The van der Waals surface area contributed by atoms with Gasteiger partial charge in [0.2, 0.25) is 0 Å². The molecule has 0 heterocycles. The third-order valence-corrected chi connectivity index (χ3v) is 3.59. The first-order chi connectivity index (χ1) is 8.54. The fraction of sp³-hybridized carbons (Fsp3) is 0.533. The van der Waals surface area contributed by atoms with Crippen LogP contribution in [0.4, 0.5) is 0 Å². The van der Waals surface area contributed by atoms with Crippen LogP contribution in [0.2, 0.25) is 0 Å². The average Bonchev–Trinajstić information content (AvgIpc) is 2.76. The predicted octanol–water partition coefficient (Wildman–Crippen LogP) is 3.61. The lowest BCUT2D eigenvalue weighted by Crippen LogP contribution is -2.28. The van der Waals surface area contributed by atoms with E-state index in [0.29, 0.717) is 11.3 Å². The van der Waals surface area contributed by atoms with Crippen molar-refractivity contribution in [1.29, 1.82) is 0 Å². The molecule has 0 atom stereocenters. The summed E-state index contributed by atoms with van der Waals surface area (Å²) in [5.74, 6) is 1.40. The molecule has 0 unspecified atom stereocenters. The Bertz CT molecular complexity index is 445. The highest BCUT2D eigenvalue weighted by Crippen LogP contribution is 2.38. The van der Waals surface area contributed by atoms with Gasteiger partial charge in [-0.15, -0.1) is 0 Å². The first kappa shape index (κ1) is 12.9. The van der Waals surface area contributed by atoms with Crippen molar-refractivity contribution >= 4 is 5.78 Å². The van der Waals surface area contributed by atoms with E-state index in [1.54, 1.807) is 26.2 Å². The summed E-state index contributed by atoms with van der Waals surface area (Å²) in [6.45, 7) is 3.69. The van der Waals surface area contributed by atoms with Crippen molar-refractivity contribution in [2.75, 3.05) is 7.11 Å². The molecular formula is C15H20O3. The lowest BCUT2D eigenvalue weighted by atomic mass is 10.1. The third kappa shape index (κ3) is 2.66. The second kappa shape index (κ2) is 5.01. The van der Waals surface area contributed by atoms with E-state index in [0.717, 1.165) is 18.6 Å². The second-order valence-electron chi connectivity index (χ2n) is 5.18. The van der Waals surface area contributed by atoms with Crippen LogP contribution in [0.5, 0.6) is 11.5 Å². The van der Waals surface area contributed by atoms with Crippen molar-refractivity contribution in [3.05, 3.63) is 23.8 Å². The van der Waals surface area contributed by atoms with E-state index in [4.69, 9.17) is 9.47 Å². The Labute approximate surface area is 108 Å². The van der Waals surface area contributed by atoms with Gasteiger partial charge in [0.05, 0.1) is 7.11 Å². The standard InChI is InChI=1S/C15H20O3/c1-11(16)12-6-7-13(14(10-12)17-3)18-15(2)8-4-5-9-15/h6-7,10H,4-5,8-9H2,1-3H3. The Balaban J connectivity index is 2.24. The molecule has 0 spiro atoms. The maximum absolute atomic E-state index is 11.3. The Kier molecular flexibility index (Phi) is 3.60. The van der Waals surface area contributed by atoms with Crippen molar-refractivity contribution in [1.82, 2.24) is 0 Å². The van der Waals surface area contributed by atoms with Gasteiger partial charge in [0.1, 0.15) is 5.60 Å². The molecule has 0 aliphatic heterocycles. The highest BCUT2D eigenvalue weighted by Gasteiger charge is 2.31. The number of carbonyl (C=O) groups excluding carboxylic acids is 1. The molecule has 1 fully saturated rings. The topological polar surface area (TPSA) is 35.5 Å². The lowest BCUT2D eigenvalue weighted by Gasteiger charge is -2.26. The van der Waals surface area contributed by atoms with Crippen LogP contribution in [-0.2, 0) is 0 Å². The second-order valence-corrected chi connectivity index (χ2v) is 5.18. The fourth-order valence-electron chi connectivity index (χ4n) is 2.46. The molecule has 0 bridgehead atoms. The van der Waals surface area contributed by atoms with Crippen molar-refractivity contribution in [2.24, 2.45) is 0 Å². The number of rotatable bonds is 4. The zero-order valence-electron chi connectivity index (χ0n) is 11.3. The molecule has 0 saturated heterocycles. The SMILES string of the molecule is COc1cc(C(C)=O)ccc1OC1(C)CCCC1. The van der Waals surface area contributed by atoms with Crippen LogP contribution in [0.3, 0.4) is 0 Å². The smallest absolute Gasteiger partial charge is 0.162 e. The Morgan fingerprint density at radius 3 is 2.44 bits per heavy atom. The summed E-state index contributed by atoms with van der Waals surface area (Å²) in [6.07, 6.45) is 4.57. The molecule has 1 aromatic carbocycles. The molecule has 1 aromatic rings. The van der Waals surface area contributed by atoms with Gasteiger partial charge in [-0.3, -0.25) is 4.79 Å². The largest absolute Gasteiger partial charge is 0.493 e. The van der Waals surface area contributed by atoms with Gasteiger partial charge in [-0.05, 0) is 57.7 Å². The number of hydrogen-bond acceptors (Lipinski definition) is 3. The van der Waals surface area contributed by atoms with Gasteiger partial charge < -0.3 is 9.47 Å². The monoisotopic (exact) mass is 248 g/mol. The Morgan fingerprint density at radius 1 is 1.22 bits per heavy atom. The summed E-state index contributed by atoms with van der Waals surface area (Å²) in [7, 11) is 1.60. The summed E-state index contributed by atoms with van der Waals surface area (Å²) in [4.78, 5) is 11.3. The van der Waals surface area contributed by atoms with E-state index in [9.17, 15) is 4.79 Å². The minimum Gasteiger partial charge on any atom is -0.493 e. The molecule has 3 nitrogen and oxygen atoms in total. The zero-order chi connectivity index (χ0) is 13.2. The number of benzene rings is 1. The number of carbonyl (C=O) groups is 1. The summed E-state index contributed by atoms with van der Waals surface area (Å²) < 4.78 is 11.4. The molecule has 1 aliphatic rings. The number of methoxy groups -OCH3 is 1. The number of ketones is 1. The molecule has 3 heteroatoms. The molecular weight excluding hydrogens is 228 g/mol. The van der Waals surface area contributed by atoms with Gasteiger partial charge >= 0.3 is 0 Å². The predicted molar refractivity (Wildman–Crippen MR) is 70.5 cm³/mol. The molecule has 0 aromatic heterocycles. The molecule has 0 radical (unpaired) electrons. The van der Waals surface area contributed by atoms with E-state index in [1.165, 1.54) is 12.8 Å². The van der Waals surface area contributed by atoms with Crippen molar-refractivity contribution < 1.29 is 14.3 Å². The van der Waals surface area contributed by atoms with Crippen LogP contribution >= 0.6 is 0 Å². The van der Waals surface area contributed by atoms with E-state index >= 15 is 0 Å². The van der Waals surface area contributed by atoms with E-state index in [1.807, 2.05) is 6.07 Å². The van der Waals surface area contributed by atoms with Gasteiger partial charge in [-0.2, -0.15) is 0 Å². The summed E-state index contributed by atoms with van der Waals surface area (Å²) >= 11 is 0. The Hall–Kier alpha value is -1.51. The molecule has 98 valence electrons. The van der Waals surface area contributed by atoms with Crippen LogP contribution in [0, 0.1) is 0 Å². The molecule has 1 saturated carbocycles. The van der Waals surface area contributed by atoms with Gasteiger partial charge in [-0.25, -0.2) is 0 Å². The normalized spacial score (nSPS) is 17.5. The average molecular weight is 248 g/mol. The van der Waals surface area contributed by atoms with E-state index < -0.39 is 0 Å². The third-order valence-electron chi connectivity index (χ3n) is 3.59. The van der Waals surface area contributed by atoms with Gasteiger partial charge in [0.25, 0.3) is 0 Å². The minimum absolute atomic E-state index is 0.0342. The van der Waals surface area contributed by atoms with Gasteiger partial charge in [0.15, 0.2) is 17.3 Å². The van der Waals surface area contributed by atoms with E-state index in [2.05, 4.69) is 6.92 Å². The molecule has 2 rings (SSSR count). The molecule has 18 heavy (non-hydrogen) atoms. The highest BCUT2D eigenvalue weighted by atomic mass is 16.5. The number of hydrogen-bond donors (Lipinski definition) is 0. The minimum atomic E-state index is -0.0922. The summed E-state index contributed by atoms with van der Waals surface area (Å²) in [6, 6.07) is 5.37. The van der Waals surface area contributed by atoms with Crippen molar-refractivity contribution in [3.8, 4) is 11.5 Å². The maximum Gasteiger partial charge on any atom is 0.162 e. The maximum atomic E-state index is 11.3. The highest BCUT2D eigenvalue weighted by molar-refractivity contribution is 5.94. The molecule has 0 N–H and O–H groups in total. The summed E-state index contributed by atoms with van der Waals surface area (Å²) in [5.41, 5.74) is 0.557. The van der Waals surface area contributed by atoms with Gasteiger partial charge in [0, 0.05) is 5.56 Å².